The molecule has 11 nitrogen and oxygen atoms in total. The van der Waals surface area contributed by atoms with Crippen molar-refractivity contribution in [2.24, 2.45) is 0 Å². The summed E-state index contributed by atoms with van der Waals surface area (Å²) in [4.78, 5) is 40.6. The molecule has 0 saturated carbocycles. The third-order valence-corrected chi connectivity index (χ3v) is 8.55. The van der Waals surface area contributed by atoms with E-state index in [1.54, 1.807) is 6.08 Å². The molecule has 0 bridgehead atoms. The zero-order valence-corrected chi connectivity index (χ0v) is 29.4. The van der Waals surface area contributed by atoms with Crippen molar-refractivity contribution in [1.29, 1.82) is 0 Å². The number of rotatable bonds is 33. The summed E-state index contributed by atoms with van der Waals surface area (Å²) in [6, 6.07) is 0. The molecule has 0 fully saturated rings. The second-order valence-electron chi connectivity index (χ2n) is 11.7. The summed E-state index contributed by atoms with van der Waals surface area (Å²) in [5.41, 5.74) is 0. The number of hydrogen-bond donors (Lipinski definition) is 2. The van der Waals surface area contributed by atoms with Gasteiger partial charge in [0.2, 0.25) is 0 Å². The first-order chi connectivity index (χ1) is 21.7. The molecule has 0 spiro atoms. The first-order valence-corrected chi connectivity index (χ1v) is 18.8. The molecule has 12 heteroatoms. The van der Waals surface area contributed by atoms with Crippen molar-refractivity contribution >= 4 is 19.8 Å². The van der Waals surface area contributed by atoms with Gasteiger partial charge in [0, 0.05) is 19.4 Å². The molecule has 0 radical (unpaired) electrons. The van der Waals surface area contributed by atoms with Gasteiger partial charge in [-0.25, -0.2) is 9.82 Å². The topological polar surface area (TPSA) is 141 Å². The molecule has 266 valence electrons. The molecule has 0 rings (SSSR count). The Bertz CT molecular complexity index is 783. The molecule has 0 aromatic carbocycles. The van der Waals surface area contributed by atoms with Crippen LogP contribution in [0.1, 0.15) is 142 Å². The molecule has 2 unspecified atom stereocenters. The summed E-state index contributed by atoms with van der Waals surface area (Å²) >= 11 is 0. The van der Waals surface area contributed by atoms with Crippen LogP contribution in [-0.2, 0) is 37.6 Å². The minimum Gasteiger partial charge on any atom is -0.462 e. The van der Waals surface area contributed by atoms with Gasteiger partial charge in [-0.3, -0.25) is 18.6 Å². The van der Waals surface area contributed by atoms with E-state index in [2.05, 4.69) is 11.8 Å². The summed E-state index contributed by atoms with van der Waals surface area (Å²) in [5, 5.41) is 8.26. The highest BCUT2D eigenvalue weighted by atomic mass is 31.2. The van der Waals surface area contributed by atoms with Gasteiger partial charge < -0.3 is 24.2 Å². The number of likely N-dealkylation sites (N-methyl/N-ethyl adjacent to an activating group) is 1. The predicted molar refractivity (Wildman–Crippen MR) is 177 cm³/mol. The quantitative estimate of drug-likeness (QED) is 0.0174. The SMILES string of the molecule is CCCCCCCCCCCCCCCC(=O)OCC(COP(=O)(O)OCCN(C)CC)OC(=O)CCCCCC/C=C\OO. The average molecular weight is 666 g/mol. The van der Waals surface area contributed by atoms with Crippen LogP contribution in [0.15, 0.2) is 12.3 Å². The van der Waals surface area contributed by atoms with Crippen molar-refractivity contribution in [3.05, 3.63) is 12.3 Å². The predicted octanol–water partition coefficient (Wildman–Crippen LogP) is 8.35. The number of phosphoric ester groups is 1. The molecule has 0 heterocycles. The van der Waals surface area contributed by atoms with E-state index in [-0.39, 0.29) is 26.1 Å². The van der Waals surface area contributed by atoms with Crippen molar-refractivity contribution in [2.45, 2.75) is 148 Å². The molecule has 0 amide bonds. The minimum absolute atomic E-state index is 0.000497. The lowest BCUT2D eigenvalue weighted by atomic mass is 10.0. The fourth-order valence-corrected chi connectivity index (χ4v) is 5.33. The zero-order valence-electron chi connectivity index (χ0n) is 28.5. The van der Waals surface area contributed by atoms with Crippen LogP contribution in [0.3, 0.4) is 0 Å². The fraction of sp³-hybridized carbons (Fsp3) is 0.879. The molecule has 0 aromatic rings. The smallest absolute Gasteiger partial charge is 0.462 e. The van der Waals surface area contributed by atoms with Crippen molar-refractivity contribution in [1.82, 2.24) is 4.90 Å². The molecular formula is C33H64NO10P. The fourth-order valence-electron chi connectivity index (χ4n) is 4.59. The largest absolute Gasteiger partial charge is 0.472 e. The number of phosphoric acid groups is 1. The van der Waals surface area contributed by atoms with Crippen LogP contribution in [-0.4, -0.2) is 73.1 Å². The molecule has 0 aliphatic carbocycles. The summed E-state index contributed by atoms with van der Waals surface area (Å²) in [6.07, 6.45) is 22.1. The molecule has 45 heavy (non-hydrogen) atoms. The first kappa shape index (κ1) is 43.5. The van der Waals surface area contributed by atoms with E-state index >= 15 is 0 Å². The Labute approximate surface area is 272 Å². The Morgan fingerprint density at radius 1 is 0.756 bits per heavy atom. The second kappa shape index (κ2) is 31.1. The Hall–Kier alpha value is -1.49. The highest BCUT2D eigenvalue weighted by Crippen LogP contribution is 2.43. The molecule has 0 aliphatic heterocycles. The van der Waals surface area contributed by atoms with E-state index in [0.717, 1.165) is 51.5 Å². The Morgan fingerprint density at radius 2 is 1.29 bits per heavy atom. The van der Waals surface area contributed by atoms with Gasteiger partial charge >= 0.3 is 19.8 Å². The molecule has 0 saturated heterocycles. The highest BCUT2D eigenvalue weighted by molar-refractivity contribution is 7.47. The van der Waals surface area contributed by atoms with Crippen LogP contribution in [0.25, 0.3) is 0 Å². The summed E-state index contributed by atoms with van der Waals surface area (Å²) < 4.78 is 33.2. The van der Waals surface area contributed by atoms with Gasteiger partial charge in [-0.2, -0.15) is 0 Å². The van der Waals surface area contributed by atoms with Gasteiger partial charge in [0.25, 0.3) is 0 Å². The van der Waals surface area contributed by atoms with Crippen molar-refractivity contribution in [2.75, 3.05) is 40.0 Å². The maximum absolute atomic E-state index is 12.4. The van der Waals surface area contributed by atoms with E-state index < -0.39 is 32.5 Å². The van der Waals surface area contributed by atoms with Crippen LogP contribution in [0, 0.1) is 0 Å². The standard InChI is InChI=1S/C33H64NO10P/c1-4-6-7-8-9-10-11-12-13-14-15-18-21-24-32(35)40-29-31(30-43-45(38,39)42-28-26-34(3)5-2)44-33(36)25-22-19-16-17-20-23-27-41-37/h23,27,31,37H,4-22,24-26,28-30H2,1-3H3,(H,38,39)/b27-23-. The lowest BCUT2D eigenvalue weighted by molar-refractivity contribution is -0.186. The van der Waals surface area contributed by atoms with Gasteiger partial charge in [-0.15, -0.1) is 0 Å². The highest BCUT2D eigenvalue weighted by Gasteiger charge is 2.26. The third-order valence-electron chi connectivity index (χ3n) is 7.56. The lowest BCUT2D eigenvalue weighted by Gasteiger charge is -2.20. The van der Waals surface area contributed by atoms with Crippen LogP contribution >= 0.6 is 7.82 Å². The minimum atomic E-state index is -4.38. The van der Waals surface area contributed by atoms with E-state index in [1.807, 2.05) is 18.9 Å². The maximum atomic E-state index is 12.4. The van der Waals surface area contributed by atoms with E-state index in [4.69, 9.17) is 23.8 Å². The van der Waals surface area contributed by atoms with E-state index in [1.165, 1.54) is 70.5 Å². The number of allylic oxidation sites excluding steroid dienone is 1. The zero-order chi connectivity index (χ0) is 33.4. The van der Waals surface area contributed by atoms with Crippen molar-refractivity contribution in [3.8, 4) is 0 Å². The van der Waals surface area contributed by atoms with Gasteiger partial charge in [-0.05, 0) is 45.4 Å². The van der Waals surface area contributed by atoms with Crippen LogP contribution < -0.4 is 0 Å². The van der Waals surface area contributed by atoms with Crippen LogP contribution in [0.5, 0.6) is 0 Å². The Balaban J connectivity index is 4.40. The number of ether oxygens (including phenoxy) is 2. The second-order valence-corrected chi connectivity index (χ2v) is 13.2. The van der Waals surface area contributed by atoms with E-state index in [9.17, 15) is 19.0 Å². The number of hydrogen-bond acceptors (Lipinski definition) is 10. The molecule has 2 atom stereocenters. The van der Waals surface area contributed by atoms with Gasteiger partial charge in [0.1, 0.15) is 12.9 Å². The number of carbonyl (C=O) groups excluding carboxylic acids is 2. The van der Waals surface area contributed by atoms with Crippen molar-refractivity contribution in [3.63, 3.8) is 0 Å². The average Bonchev–Trinajstić information content (AvgIpc) is 3.01. The summed E-state index contributed by atoms with van der Waals surface area (Å²) in [6.45, 7) is 4.71. The number of unbranched alkanes of at least 4 members (excludes halogenated alkanes) is 16. The van der Waals surface area contributed by atoms with E-state index in [0.29, 0.717) is 13.0 Å². The summed E-state index contributed by atoms with van der Waals surface area (Å²) in [5.74, 6) is -0.895. The molecular weight excluding hydrogens is 601 g/mol. The third kappa shape index (κ3) is 30.9. The summed E-state index contributed by atoms with van der Waals surface area (Å²) in [7, 11) is -2.52. The first-order valence-electron chi connectivity index (χ1n) is 17.3. The Morgan fingerprint density at radius 3 is 1.84 bits per heavy atom. The number of esters is 2. The van der Waals surface area contributed by atoms with Gasteiger partial charge in [0.05, 0.1) is 13.2 Å². The van der Waals surface area contributed by atoms with Crippen molar-refractivity contribution < 1.29 is 47.7 Å². The normalized spacial score (nSPS) is 13.6. The van der Waals surface area contributed by atoms with Gasteiger partial charge in [0.15, 0.2) is 6.10 Å². The monoisotopic (exact) mass is 665 g/mol. The molecule has 2 N–H and O–H groups in total. The lowest BCUT2D eigenvalue weighted by Crippen LogP contribution is -2.29. The molecule has 0 aromatic heterocycles. The number of nitrogens with zero attached hydrogens (tertiary/aromatic N) is 1. The van der Waals surface area contributed by atoms with Crippen LogP contribution in [0.4, 0.5) is 0 Å². The Kier molecular flexibility index (Phi) is 30.1. The van der Waals surface area contributed by atoms with Gasteiger partial charge in [-0.1, -0.05) is 104 Å². The maximum Gasteiger partial charge on any atom is 0.472 e. The van der Waals surface area contributed by atoms with Crippen LogP contribution in [0.2, 0.25) is 0 Å². The molecule has 0 aliphatic rings. The number of carbonyl (C=O) groups is 2.